The van der Waals surface area contributed by atoms with E-state index in [-0.39, 0.29) is 11.6 Å². The first-order valence-electron chi connectivity index (χ1n) is 8.30. The fourth-order valence-electron chi connectivity index (χ4n) is 2.80. The molecule has 3 rings (SSSR count). The number of hydrazone groups is 1. The summed E-state index contributed by atoms with van der Waals surface area (Å²) in [7, 11) is 0. The normalized spacial score (nSPS) is 15.5. The number of aromatic nitrogens is 1. The Balaban J connectivity index is 1.62. The second kappa shape index (κ2) is 7.72. The van der Waals surface area contributed by atoms with E-state index in [2.05, 4.69) is 15.5 Å². The van der Waals surface area contributed by atoms with Crippen LogP contribution in [0.4, 0.5) is 29.1 Å². The average molecular weight is 366 g/mol. The number of halogens is 4. The van der Waals surface area contributed by atoms with Gasteiger partial charge in [-0.1, -0.05) is 6.07 Å². The van der Waals surface area contributed by atoms with E-state index in [1.807, 2.05) is 4.90 Å². The number of benzene rings is 1. The van der Waals surface area contributed by atoms with Crippen LogP contribution in [-0.2, 0) is 6.18 Å². The van der Waals surface area contributed by atoms with Crippen molar-refractivity contribution >= 4 is 17.7 Å². The van der Waals surface area contributed by atoms with Crippen LogP contribution in [-0.4, -0.2) is 24.3 Å². The second-order valence-electron chi connectivity index (χ2n) is 6.06. The van der Waals surface area contributed by atoms with Crippen molar-refractivity contribution in [3.8, 4) is 0 Å². The van der Waals surface area contributed by atoms with Crippen LogP contribution in [0, 0.1) is 5.82 Å². The number of rotatable bonds is 4. The number of anilines is 2. The van der Waals surface area contributed by atoms with Crippen molar-refractivity contribution in [1.82, 2.24) is 4.98 Å². The molecule has 1 aliphatic heterocycles. The molecule has 0 unspecified atom stereocenters. The molecule has 1 saturated heterocycles. The molecule has 2 aromatic rings. The van der Waals surface area contributed by atoms with Gasteiger partial charge in [0.15, 0.2) is 0 Å². The van der Waals surface area contributed by atoms with Gasteiger partial charge in [-0.2, -0.15) is 18.3 Å². The molecule has 1 aromatic heterocycles. The van der Waals surface area contributed by atoms with E-state index in [4.69, 9.17) is 0 Å². The van der Waals surface area contributed by atoms with E-state index in [9.17, 15) is 17.6 Å². The summed E-state index contributed by atoms with van der Waals surface area (Å²) in [6.45, 7) is 1.71. The van der Waals surface area contributed by atoms with Crippen molar-refractivity contribution < 1.29 is 17.6 Å². The van der Waals surface area contributed by atoms with Gasteiger partial charge in [-0.3, -0.25) is 5.43 Å². The molecule has 1 aliphatic rings. The first kappa shape index (κ1) is 18.2. The van der Waals surface area contributed by atoms with E-state index >= 15 is 0 Å². The van der Waals surface area contributed by atoms with Crippen LogP contribution >= 0.6 is 0 Å². The number of hydrogen-bond donors (Lipinski definition) is 1. The Morgan fingerprint density at radius 1 is 1.08 bits per heavy atom. The molecule has 1 N–H and O–H groups in total. The average Bonchev–Trinajstić information content (AvgIpc) is 2.62. The number of hydrogen-bond acceptors (Lipinski definition) is 4. The molecular weight excluding hydrogens is 348 g/mol. The topological polar surface area (TPSA) is 40.5 Å². The van der Waals surface area contributed by atoms with E-state index in [1.54, 1.807) is 12.1 Å². The van der Waals surface area contributed by atoms with Crippen LogP contribution in [0.1, 0.15) is 30.4 Å². The molecular formula is C18H18F4N4. The van der Waals surface area contributed by atoms with Gasteiger partial charge in [0.05, 0.1) is 17.5 Å². The van der Waals surface area contributed by atoms with Gasteiger partial charge in [-0.15, -0.1) is 0 Å². The first-order chi connectivity index (χ1) is 12.4. The van der Waals surface area contributed by atoms with Crippen LogP contribution in [0.3, 0.4) is 0 Å². The van der Waals surface area contributed by atoms with Gasteiger partial charge in [0.1, 0.15) is 11.6 Å². The smallest absolute Gasteiger partial charge is 0.369 e. The molecule has 138 valence electrons. The van der Waals surface area contributed by atoms with Crippen LogP contribution in [0.2, 0.25) is 0 Å². The summed E-state index contributed by atoms with van der Waals surface area (Å²) in [5.41, 5.74) is 2.82. The largest absolute Gasteiger partial charge is 0.417 e. The Bertz CT molecular complexity index is 766. The van der Waals surface area contributed by atoms with E-state index in [0.29, 0.717) is 11.3 Å². The van der Waals surface area contributed by atoms with Crippen molar-refractivity contribution in [2.45, 2.75) is 25.4 Å². The standard InChI is InChI=1S/C18H18F4N4/c19-15-10-13(4-6-16(15)26-8-2-1-3-9-26)11-24-25-17-7-5-14(12-23-17)18(20,21)22/h4-7,10-12H,1-3,8-9H2,(H,23,25)/b24-11-. The molecule has 0 atom stereocenters. The Morgan fingerprint density at radius 2 is 1.85 bits per heavy atom. The third-order valence-corrected chi connectivity index (χ3v) is 4.15. The lowest BCUT2D eigenvalue weighted by Gasteiger charge is -2.29. The van der Waals surface area contributed by atoms with Gasteiger partial charge >= 0.3 is 6.18 Å². The predicted octanol–water partition coefficient (Wildman–Crippen LogP) is 4.68. The van der Waals surface area contributed by atoms with Crippen molar-refractivity contribution in [2.24, 2.45) is 5.10 Å². The van der Waals surface area contributed by atoms with Crippen LogP contribution < -0.4 is 10.3 Å². The van der Waals surface area contributed by atoms with Crippen LogP contribution in [0.5, 0.6) is 0 Å². The summed E-state index contributed by atoms with van der Waals surface area (Å²) < 4.78 is 51.7. The van der Waals surface area contributed by atoms with Crippen molar-refractivity contribution in [3.05, 3.63) is 53.5 Å². The minimum absolute atomic E-state index is 0.166. The Hall–Kier alpha value is -2.64. The molecule has 1 aromatic carbocycles. The zero-order valence-electron chi connectivity index (χ0n) is 13.9. The summed E-state index contributed by atoms with van der Waals surface area (Å²) in [4.78, 5) is 5.68. The van der Waals surface area contributed by atoms with Crippen molar-refractivity contribution in [3.63, 3.8) is 0 Å². The fraction of sp³-hybridized carbons (Fsp3) is 0.333. The lowest BCUT2D eigenvalue weighted by atomic mass is 10.1. The highest BCUT2D eigenvalue weighted by molar-refractivity contribution is 5.81. The minimum atomic E-state index is -4.43. The number of nitrogens with one attached hydrogen (secondary N) is 1. The number of nitrogens with zero attached hydrogens (tertiary/aromatic N) is 3. The number of piperidine rings is 1. The predicted molar refractivity (Wildman–Crippen MR) is 92.9 cm³/mol. The third kappa shape index (κ3) is 4.50. The maximum Gasteiger partial charge on any atom is 0.417 e. The van der Waals surface area contributed by atoms with Gasteiger partial charge in [0, 0.05) is 19.3 Å². The third-order valence-electron chi connectivity index (χ3n) is 4.15. The molecule has 0 bridgehead atoms. The van der Waals surface area contributed by atoms with E-state index in [1.165, 1.54) is 24.8 Å². The summed E-state index contributed by atoms with van der Waals surface area (Å²) in [5, 5.41) is 3.89. The lowest BCUT2D eigenvalue weighted by molar-refractivity contribution is -0.137. The number of pyridine rings is 1. The molecule has 1 fully saturated rings. The molecule has 0 aliphatic carbocycles. The van der Waals surface area contributed by atoms with Gasteiger partial charge in [0.2, 0.25) is 0 Å². The SMILES string of the molecule is Fc1cc(/C=N\Nc2ccc(C(F)(F)F)cn2)ccc1N1CCCCC1. The van der Waals surface area contributed by atoms with Gasteiger partial charge in [-0.25, -0.2) is 9.37 Å². The highest BCUT2D eigenvalue weighted by Gasteiger charge is 2.30. The molecule has 0 amide bonds. The molecule has 0 radical (unpaired) electrons. The molecule has 8 heteroatoms. The second-order valence-corrected chi connectivity index (χ2v) is 6.06. The quantitative estimate of drug-likeness (QED) is 0.485. The van der Waals surface area contributed by atoms with Gasteiger partial charge in [-0.05, 0) is 49.1 Å². The minimum Gasteiger partial charge on any atom is -0.369 e. The summed E-state index contributed by atoms with van der Waals surface area (Å²) >= 11 is 0. The van der Waals surface area contributed by atoms with Gasteiger partial charge in [0.25, 0.3) is 0 Å². The summed E-state index contributed by atoms with van der Waals surface area (Å²) in [6, 6.07) is 6.95. The molecule has 26 heavy (non-hydrogen) atoms. The number of alkyl halides is 3. The van der Waals surface area contributed by atoms with Gasteiger partial charge < -0.3 is 4.90 Å². The highest BCUT2D eigenvalue weighted by atomic mass is 19.4. The molecule has 0 spiro atoms. The zero-order chi connectivity index (χ0) is 18.6. The van der Waals surface area contributed by atoms with Crippen molar-refractivity contribution in [1.29, 1.82) is 0 Å². The van der Waals surface area contributed by atoms with Crippen molar-refractivity contribution in [2.75, 3.05) is 23.4 Å². The van der Waals surface area contributed by atoms with E-state index < -0.39 is 11.7 Å². The zero-order valence-corrected chi connectivity index (χ0v) is 13.9. The molecule has 2 heterocycles. The maximum atomic E-state index is 14.3. The summed E-state index contributed by atoms with van der Waals surface area (Å²) in [5.74, 6) is -0.150. The molecule has 0 saturated carbocycles. The summed E-state index contributed by atoms with van der Waals surface area (Å²) in [6.07, 6.45) is 0.988. The Kier molecular flexibility index (Phi) is 5.39. The van der Waals surface area contributed by atoms with E-state index in [0.717, 1.165) is 38.2 Å². The highest BCUT2D eigenvalue weighted by Crippen LogP contribution is 2.29. The molecule has 4 nitrogen and oxygen atoms in total. The maximum absolute atomic E-state index is 14.3. The monoisotopic (exact) mass is 366 g/mol. The van der Waals surface area contributed by atoms with Crippen LogP contribution in [0.15, 0.2) is 41.6 Å². The van der Waals surface area contributed by atoms with Crippen LogP contribution in [0.25, 0.3) is 0 Å². The Labute approximate surface area is 148 Å². The first-order valence-corrected chi connectivity index (χ1v) is 8.30. The Morgan fingerprint density at radius 3 is 2.46 bits per heavy atom. The fourth-order valence-corrected chi connectivity index (χ4v) is 2.80. The lowest BCUT2D eigenvalue weighted by Crippen LogP contribution is -2.30.